The van der Waals surface area contributed by atoms with Gasteiger partial charge in [0.2, 0.25) is 0 Å². The predicted octanol–water partition coefficient (Wildman–Crippen LogP) is 4.48. The molecule has 0 radical (unpaired) electrons. The number of carbonyl (C=O) groups is 2. The molecule has 0 aliphatic carbocycles. The molecule has 156 valence electrons. The Balaban J connectivity index is 1.88. The summed E-state index contributed by atoms with van der Waals surface area (Å²) in [6.45, 7) is 3.87. The van der Waals surface area contributed by atoms with Crippen molar-refractivity contribution in [2.75, 3.05) is 26.7 Å². The first-order chi connectivity index (χ1) is 14.6. The molecule has 1 aromatic heterocycles. The van der Waals surface area contributed by atoms with Gasteiger partial charge < -0.3 is 19.4 Å². The number of methoxy groups -OCH3 is 1. The molecule has 4 rings (SSSR count). The van der Waals surface area contributed by atoms with E-state index in [4.69, 9.17) is 9.15 Å². The fourth-order valence-corrected chi connectivity index (χ4v) is 3.99. The number of ether oxygens (including phenoxy) is 1. The number of rotatable bonds is 5. The van der Waals surface area contributed by atoms with Crippen molar-refractivity contribution in [3.05, 3.63) is 53.6 Å². The monoisotopic (exact) mass is 406 g/mol. The van der Waals surface area contributed by atoms with E-state index in [1.165, 1.54) is 7.11 Å². The van der Waals surface area contributed by atoms with Gasteiger partial charge in [-0.15, -0.1) is 0 Å². The van der Waals surface area contributed by atoms with E-state index in [1.54, 1.807) is 12.1 Å². The number of piperidine rings is 1. The van der Waals surface area contributed by atoms with Crippen LogP contribution < -0.4 is 10.1 Å². The zero-order valence-electron chi connectivity index (χ0n) is 17.4. The second-order valence-corrected chi connectivity index (χ2v) is 7.43. The van der Waals surface area contributed by atoms with Crippen LogP contribution in [-0.2, 0) is 0 Å². The first kappa shape index (κ1) is 20.0. The Morgan fingerprint density at radius 1 is 1.10 bits per heavy atom. The summed E-state index contributed by atoms with van der Waals surface area (Å²) in [5.41, 5.74) is 2.21. The highest BCUT2D eigenvalue weighted by Gasteiger charge is 2.27. The van der Waals surface area contributed by atoms with Crippen LogP contribution >= 0.6 is 0 Å². The second-order valence-electron chi connectivity index (χ2n) is 7.43. The molecule has 0 unspecified atom stereocenters. The van der Waals surface area contributed by atoms with Crippen LogP contribution in [0.1, 0.15) is 46.9 Å². The lowest BCUT2D eigenvalue weighted by Crippen LogP contribution is -2.35. The molecular formula is C24H26N2O4. The molecule has 1 saturated heterocycles. The standard InChI is InChI=1S/C24H26N2O4/c1-3-25-23(27)21-17-14-19(29-2)18(24(28)26-12-8-5-9-13-26)15-20(17)30-22(21)16-10-6-4-7-11-16/h4,6-7,10-11,14-15H,3,5,8-9,12-13H2,1-2H3,(H,25,27). The number of fused-ring (bicyclic) bond motifs is 1. The molecule has 1 fully saturated rings. The van der Waals surface area contributed by atoms with E-state index in [0.29, 0.717) is 40.2 Å². The van der Waals surface area contributed by atoms with E-state index in [9.17, 15) is 9.59 Å². The summed E-state index contributed by atoms with van der Waals surface area (Å²) in [7, 11) is 1.54. The zero-order valence-corrected chi connectivity index (χ0v) is 17.4. The summed E-state index contributed by atoms with van der Waals surface area (Å²) in [6.07, 6.45) is 3.17. The van der Waals surface area contributed by atoms with E-state index in [2.05, 4.69) is 5.32 Å². The number of hydrogen-bond donors (Lipinski definition) is 1. The maximum Gasteiger partial charge on any atom is 0.257 e. The Morgan fingerprint density at radius 3 is 2.50 bits per heavy atom. The number of nitrogens with zero attached hydrogens (tertiary/aromatic N) is 1. The van der Waals surface area contributed by atoms with Crippen LogP contribution in [0.25, 0.3) is 22.3 Å². The Bertz CT molecular complexity index is 1070. The minimum absolute atomic E-state index is 0.0642. The molecule has 0 atom stereocenters. The molecule has 2 amide bonds. The molecule has 1 aliphatic heterocycles. The van der Waals surface area contributed by atoms with Crippen molar-refractivity contribution >= 4 is 22.8 Å². The molecule has 6 heteroatoms. The van der Waals surface area contributed by atoms with Gasteiger partial charge in [0.05, 0.1) is 18.2 Å². The molecule has 1 aliphatic rings. The van der Waals surface area contributed by atoms with Gasteiger partial charge in [-0.3, -0.25) is 9.59 Å². The summed E-state index contributed by atoms with van der Waals surface area (Å²) >= 11 is 0. The summed E-state index contributed by atoms with van der Waals surface area (Å²) in [6, 6.07) is 13.0. The van der Waals surface area contributed by atoms with Crippen molar-refractivity contribution in [3.8, 4) is 17.1 Å². The average Bonchev–Trinajstić information content (AvgIpc) is 3.17. The highest BCUT2D eigenvalue weighted by Crippen LogP contribution is 2.37. The maximum absolute atomic E-state index is 13.1. The third-order valence-corrected chi connectivity index (χ3v) is 5.48. The third-order valence-electron chi connectivity index (χ3n) is 5.48. The van der Waals surface area contributed by atoms with Crippen molar-refractivity contribution in [2.45, 2.75) is 26.2 Å². The molecule has 0 spiro atoms. The van der Waals surface area contributed by atoms with Gasteiger partial charge in [0.1, 0.15) is 17.1 Å². The van der Waals surface area contributed by atoms with Crippen molar-refractivity contribution in [1.82, 2.24) is 10.2 Å². The minimum Gasteiger partial charge on any atom is -0.496 e. The van der Waals surface area contributed by atoms with Gasteiger partial charge in [0, 0.05) is 30.6 Å². The van der Waals surface area contributed by atoms with Crippen LogP contribution in [0.4, 0.5) is 0 Å². The third kappa shape index (κ3) is 3.65. The molecule has 1 N–H and O–H groups in total. The van der Waals surface area contributed by atoms with Crippen LogP contribution in [-0.4, -0.2) is 43.5 Å². The molecule has 30 heavy (non-hydrogen) atoms. The van der Waals surface area contributed by atoms with E-state index in [-0.39, 0.29) is 11.8 Å². The summed E-state index contributed by atoms with van der Waals surface area (Å²) in [5, 5.41) is 3.49. The summed E-state index contributed by atoms with van der Waals surface area (Å²) in [5.74, 6) is 0.656. The van der Waals surface area contributed by atoms with Gasteiger partial charge in [0.15, 0.2) is 0 Å². The fraction of sp³-hybridized carbons (Fsp3) is 0.333. The molecule has 0 saturated carbocycles. The molecule has 3 aromatic rings. The lowest BCUT2D eigenvalue weighted by atomic mass is 10.0. The number of hydrogen-bond acceptors (Lipinski definition) is 4. The maximum atomic E-state index is 13.1. The van der Waals surface area contributed by atoms with Gasteiger partial charge in [-0.2, -0.15) is 0 Å². The first-order valence-corrected chi connectivity index (χ1v) is 10.4. The molecule has 0 bridgehead atoms. The molecule has 2 heterocycles. The number of furan rings is 1. The Hall–Kier alpha value is -3.28. The SMILES string of the molecule is CCNC(=O)c1c(-c2ccccc2)oc2cc(C(=O)N3CCCCC3)c(OC)cc12. The fourth-order valence-electron chi connectivity index (χ4n) is 3.99. The average molecular weight is 406 g/mol. The van der Waals surface area contributed by atoms with E-state index < -0.39 is 0 Å². The van der Waals surface area contributed by atoms with Crippen LogP contribution in [0.3, 0.4) is 0 Å². The Labute approximate surface area is 175 Å². The van der Waals surface area contributed by atoms with E-state index in [1.807, 2.05) is 42.2 Å². The van der Waals surface area contributed by atoms with Crippen LogP contribution in [0, 0.1) is 0 Å². The number of amides is 2. The highest BCUT2D eigenvalue weighted by molar-refractivity contribution is 6.13. The first-order valence-electron chi connectivity index (χ1n) is 10.4. The highest BCUT2D eigenvalue weighted by atomic mass is 16.5. The van der Waals surface area contributed by atoms with Crippen molar-refractivity contribution in [1.29, 1.82) is 0 Å². The minimum atomic E-state index is -0.215. The predicted molar refractivity (Wildman–Crippen MR) is 116 cm³/mol. The van der Waals surface area contributed by atoms with Crippen LogP contribution in [0.2, 0.25) is 0 Å². The molecule has 6 nitrogen and oxygen atoms in total. The van der Waals surface area contributed by atoms with Gasteiger partial charge in [0.25, 0.3) is 11.8 Å². The molecule has 2 aromatic carbocycles. The Morgan fingerprint density at radius 2 is 1.83 bits per heavy atom. The largest absolute Gasteiger partial charge is 0.496 e. The lowest BCUT2D eigenvalue weighted by molar-refractivity contribution is 0.0721. The smallest absolute Gasteiger partial charge is 0.257 e. The lowest BCUT2D eigenvalue weighted by Gasteiger charge is -2.27. The van der Waals surface area contributed by atoms with Crippen molar-refractivity contribution in [2.24, 2.45) is 0 Å². The normalized spacial score (nSPS) is 14.0. The summed E-state index contributed by atoms with van der Waals surface area (Å²) in [4.78, 5) is 27.9. The number of carbonyl (C=O) groups excluding carboxylic acids is 2. The summed E-state index contributed by atoms with van der Waals surface area (Å²) < 4.78 is 11.7. The van der Waals surface area contributed by atoms with Gasteiger partial charge in [-0.25, -0.2) is 0 Å². The van der Waals surface area contributed by atoms with Crippen molar-refractivity contribution in [3.63, 3.8) is 0 Å². The number of benzene rings is 2. The second kappa shape index (κ2) is 8.61. The van der Waals surface area contributed by atoms with E-state index >= 15 is 0 Å². The van der Waals surface area contributed by atoms with Crippen LogP contribution in [0.15, 0.2) is 46.9 Å². The molecular weight excluding hydrogens is 380 g/mol. The van der Waals surface area contributed by atoms with Gasteiger partial charge in [-0.1, -0.05) is 30.3 Å². The zero-order chi connectivity index (χ0) is 21.1. The van der Waals surface area contributed by atoms with Gasteiger partial charge >= 0.3 is 0 Å². The quantitative estimate of drug-likeness (QED) is 0.678. The van der Waals surface area contributed by atoms with Gasteiger partial charge in [-0.05, 0) is 38.3 Å². The van der Waals surface area contributed by atoms with E-state index in [0.717, 1.165) is 37.9 Å². The Kier molecular flexibility index (Phi) is 5.74. The number of nitrogens with one attached hydrogen (secondary N) is 1. The number of likely N-dealkylation sites (tertiary alicyclic amines) is 1. The topological polar surface area (TPSA) is 71.8 Å². The van der Waals surface area contributed by atoms with Crippen LogP contribution in [0.5, 0.6) is 5.75 Å². The van der Waals surface area contributed by atoms with Crippen molar-refractivity contribution < 1.29 is 18.7 Å².